The number of benzene rings is 3. The molecular weight excluding hydrogens is 502 g/mol. The topological polar surface area (TPSA) is 99.4 Å². The van der Waals surface area contributed by atoms with E-state index in [1.165, 1.54) is 29.2 Å². The molecule has 38 heavy (non-hydrogen) atoms. The highest BCUT2D eigenvalue weighted by atomic mass is 32.1. The molecule has 0 radical (unpaired) electrons. The molecule has 1 aromatic heterocycles. The summed E-state index contributed by atoms with van der Waals surface area (Å²) >= 11 is 1.22. The van der Waals surface area contributed by atoms with Gasteiger partial charge in [-0.3, -0.25) is 20.0 Å². The first kappa shape index (κ1) is 23.8. The molecule has 0 unspecified atom stereocenters. The molecule has 6 rings (SSSR count). The van der Waals surface area contributed by atoms with E-state index in [2.05, 4.69) is 5.43 Å². The fourth-order valence-electron chi connectivity index (χ4n) is 5.45. The lowest BCUT2D eigenvalue weighted by Gasteiger charge is -2.49. The Balaban J connectivity index is 1.67. The Labute approximate surface area is 222 Å². The number of nitrogens with one attached hydrogen (secondary N) is 1. The molecule has 0 aliphatic carbocycles. The number of phenolic OH excluding ortho intramolecular Hbond substituents is 1. The molecule has 10 heteroatoms. The van der Waals surface area contributed by atoms with Crippen molar-refractivity contribution in [3.63, 3.8) is 0 Å². The van der Waals surface area contributed by atoms with Crippen LogP contribution in [0.1, 0.15) is 16.7 Å². The van der Waals surface area contributed by atoms with Crippen LogP contribution in [0.25, 0.3) is 6.08 Å². The number of likely N-dealkylation sites (N-methyl/N-ethyl adjacent to an activating group) is 2. The lowest BCUT2D eigenvalue weighted by molar-refractivity contribution is 0.0648. The molecule has 3 heterocycles. The molecule has 2 aliphatic rings. The van der Waals surface area contributed by atoms with Crippen molar-refractivity contribution in [3.05, 3.63) is 115 Å². The fourth-order valence-corrected chi connectivity index (χ4v) is 6.42. The number of ether oxygens (including phenoxy) is 1. The first-order valence-corrected chi connectivity index (χ1v) is 12.8. The standard InChI is InChI=1S/C28H25N5O4S/c1-31-26(36)32(2)28(20-12-8-5-9-13-20)27(31,19-10-6-4-7-11-19)29-25-33(30-28)24(35)23(38-25)17-18-14-15-21(34)22(16-18)37-3/h4-17,30,34H,1-3H3/b23-17-/t27-,28+/m0/s1. The van der Waals surface area contributed by atoms with Crippen molar-refractivity contribution in [2.45, 2.75) is 11.3 Å². The van der Waals surface area contributed by atoms with Crippen molar-refractivity contribution in [2.75, 3.05) is 26.6 Å². The van der Waals surface area contributed by atoms with Crippen LogP contribution in [0.5, 0.6) is 11.5 Å². The molecule has 2 aliphatic heterocycles. The van der Waals surface area contributed by atoms with Gasteiger partial charge in [-0.25, -0.2) is 9.79 Å². The molecule has 3 aromatic carbocycles. The Morgan fingerprint density at radius 2 is 1.61 bits per heavy atom. The van der Waals surface area contributed by atoms with Gasteiger partial charge in [-0.15, -0.1) is 0 Å². The van der Waals surface area contributed by atoms with Crippen molar-refractivity contribution in [2.24, 2.45) is 4.99 Å². The average Bonchev–Trinajstić information content (AvgIpc) is 3.33. The predicted molar refractivity (Wildman–Crippen MR) is 144 cm³/mol. The number of nitrogens with zero attached hydrogens (tertiary/aromatic N) is 4. The molecule has 1 fully saturated rings. The maximum absolute atomic E-state index is 13.7. The number of urea groups is 1. The van der Waals surface area contributed by atoms with Crippen LogP contribution < -0.4 is 25.1 Å². The molecular formula is C28H25N5O4S. The van der Waals surface area contributed by atoms with Gasteiger partial charge in [0.25, 0.3) is 5.56 Å². The van der Waals surface area contributed by atoms with E-state index in [4.69, 9.17) is 9.73 Å². The third-order valence-corrected chi connectivity index (χ3v) is 8.24. The molecule has 2 atom stereocenters. The molecule has 2 N–H and O–H groups in total. The summed E-state index contributed by atoms with van der Waals surface area (Å²) in [6, 6.07) is 23.9. The number of thiazole rings is 1. The highest BCUT2D eigenvalue weighted by molar-refractivity contribution is 7.07. The molecule has 0 bridgehead atoms. The van der Waals surface area contributed by atoms with Gasteiger partial charge in [-0.05, 0) is 23.8 Å². The largest absolute Gasteiger partial charge is 0.504 e. The number of carbonyl (C=O) groups excluding carboxylic acids is 1. The molecule has 1 saturated heterocycles. The van der Waals surface area contributed by atoms with Gasteiger partial charge in [0.05, 0.1) is 11.6 Å². The van der Waals surface area contributed by atoms with E-state index in [1.807, 2.05) is 60.7 Å². The van der Waals surface area contributed by atoms with Gasteiger partial charge in [-0.1, -0.05) is 78.1 Å². The Morgan fingerprint density at radius 3 is 2.26 bits per heavy atom. The Hall–Kier alpha value is -4.57. The van der Waals surface area contributed by atoms with Crippen LogP contribution in [-0.2, 0) is 11.3 Å². The Kier molecular flexibility index (Phi) is 5.32. The number of phenols is 1. The highest BCUT2D eigenvalue weighted by Crippen LogP contribution is 2.53. The fraction of sp³-hybridized carbons (Fsp3) is 0.179. The summed E-state index contributed by atoms with van der Waals surface area (Å²) in [5, 5.41) is 9.96. The van der Waals surface area contributed by atoms with Gasteiger partial charge in [-0.2, -0.15) is 4.68 Å². The number of amides is 2. The van der Waals surface area contributed by atoms with Gasteiger partial charge >= 0.3 is 6.03 Å². The van der Waals surface area contributed by atoms with E-state index in [0.29, 0.717) is 20.6 Å². The Bertz CT molecular complexity index is 1740. The number of carbonyl (C=O) groups is 1. The van der Waals surface area contributed by atoms with Crippen LogP contribution in [0.15, 0.2) is 88.6 Å². The molecule has 0 saturated carbocycles. The summed E-state index contributed by atoms with van der Waals surface area (Å²) in [6.07, 6.45) is 1.73. The quantitative estimate of drug-likeness (QED) is 0.425. The normalized spacial score (nSPS) is 22.5. The second-order valence-corrected chi connectivity index (χ2v) is 10.2. The van der Waals surface area contributed by atoms with E-state index in [9.17, 15) is 14.7 Å². The second kappa shape index (κ2) is 8.49. The minimum Gasteiger partial charge on any atom is -0.504 e. The van der Waals surface area contributed by atoms with E-state index < -0.39 is 11.3 Å². The first-order valence-electron chi connectivity index (χ1n) is 11.9. The average molecular weight is 528 g/mol. The number of rotatable bonds is 4. The van der Waals surface area contributed by atoms with Crippen molar-refractivity contribution in [1.82, 2.24) is 14.5 Å². The van der Waals surface area contributed by atoms with Crippen LogP contribution in [0.4, 0.5) is 4.79 Å². The summed E-state index contributed by atoms with van der Waals surface area (Å²) in [4.78, 5) is 36.2. The van der Waals surface area contributed by atoms with Crippen LogP contribution >= 0.6 is 11.3 Å². The number of methoxy groups -OCH3 is 1. The molecule has 2 amide bonds. The SMILES string of the molecule is COc1cc(/C=c2\sc3n(c2=O)N[C@]2(c4ccccc4)N(C)C(=O)N(C)[C@]2(c2ccccc2)N=3)ccc1O. The van der Waals surface area contributed by atoms with Crippen LogP contribution in [0.3, 0.4) is 0 Å². The summed E-state index contributed by atoms with van der Waals surface area (Å²) in [7, 11) is 4.93. The predicted octanol–water partition coefficient (Wildman–Crippen LogP) is 2.33. The number of fused-ring (bicyclic) bond motifs is 2. The van der Waals surface area contributed by atoms with Crippen LogP contribution in [0.2, 0.25) is 0 Å². The van der Waals surface area contributed by atoms with Crippen LogP contribution in [-0.4, -0.2) is 46.8 Å². The zero-order chi connectivity index (χ0) is 26.7. The second-order valence-electron chi connectivity index (χ2n) is 9.20. The molecule has 4 aromatic rings. The van der Waals surface area contributed by atoms with E-state index >= 15 is 0 Å². The summed E-state index contributed by atoms with van der Waals surface area (Å²) in [5.41, 5.74) is 2.99. The number of hydrogen-bond acceptors (Lipinski definition) is 7. The van der Waals surface area contributed by atoms with E-state index in [0.717, 1.165) is 11.1 Å². The zero-order valence-electron chi connectivity index (χ0n) is 21.0. The molecule has 192 valence electrons. The van der Waals surface area contributed by atoms with Gasteiger partial charge in [0.1, 0.15) is 0 Å². The molecule has 0 spiro atoms. The maximum atomic E-state index is 13.7. The van der Waals surface area contributed by atoms with Crippen molar-refractivity contribution in [3.8, 4) is 11.5 Å². The third-order valence-electron chi connectivity index (χ3n) is 7.27. The lowest BCUT2D eigenvalue weighted by Crippen LogP contribution is -2.67. The van der Waals surface area contributed by atoms with Gasteiger partial charge < -0.3 is 9.84 Å². The monoisotopic (exact) mass is 527 g/mol. The van der Waals surface area contributed by atoms with E-state index in [-0.39, 0.29) is 17.3 Å². The molecule has 9 nitrogen and oxygen atoms in total. The lowest BCUT2D eigenvalue weighted by atomic mass is 9.80. The first-order chi connectivity index (χ1) is 18.3. The number of aromatic nitrogens is 1. The smallest absolute Gasteiger partial charge is 0.324 e. The van der Waals surface area contributed by atoms with Gasteiger partial charge in [0.2, 0.25) is 16.1 Å². The minimum absolute atomic E-state index is 0.0154. The number of aromatic hydroxyl groups is 1. The summed E-state index contributed by atoms with van der Waals surface area (Å²) in [5.74, 6) is 0.326. The summed E-state index contributed by atoms with van der Waals surface area (Å²) in [6.45, 7) is 0. The van der Waals surface area contributed by atoms with Crippen molar-refractivity contribution >= 4 is 23.4 Å². The third kappa shape index (κ3) is 3.07. The minimum atomic E-state index is -1.22. The maximum Gasteiger partial charge on any atom is 0.324 e. The van der Waals surface area contributed by atoms with Crippen molar-refractivity contribution < 1.29 is 14.6 Å². The zero-order valence-corrected chi connectivity index (χ0v) is 21.8. The summed E-state index contributed by atoms with van der Waals surface area (Å²) < 4.78 is 7.08. The van der Waals surface area contributed by atoms with Gasteiger partial charge in [0, 0.05) is 25.2 Å². The van der Waals surface area contributed by atoms with E-state index in [1.54, 1.807) is 42.1 Å². The van der Waals surface area contributed by atoms with Crippen molar-refractivity contribution in [1.29, 1.82) is 0 Å². The van der Waals surface area contributed by atoms with Gasteiger partial charge in [0.15, 0.2) is 11.5 Å². The number of hydrogen-bond donors (Lipinski definition) is 2. The Morgan fingerprint density at radius 1 is 0.947 bits per heavy atom. The van der Waals surface area contributed by atoms with Crippen LogP contribution in [0, 0.1) is 0 Å². The highest BCUT2D eigenvalue weighted by Gasteiger charge is 2.69.